The topological polar surface area (TPSA) is 72.6 Å². The zero-order chi connectivity index (χ0) is 15.6. The fourth-order valence-electron chi connectivity index (χ4n) is 1.96. The SMILES string of the molecule is Cc1c(N)cc(Cl)cc1S(=O)(=O)N(C)CCOCC1CC1. The lowest BCUT2D eigenvalue weighted by atomic mass is 10.2. The minimum Gasteiger partial charge on any atom is -0.398 e. The van der Waals surface area contributed by atoms with Gasteiger partial charge in [-0.1, -0.05) is 11.6 Å². The van der Waals surface area contributed by atoms with E-state index in [1.54, 1.807) is 13.0 Å². The second-order valence-corrected chi connectivity index (χ2v) is 7.91. The van der Waals surface area contributed by atoms with Gasteiger partial charge in [-0.15, -0.1) is 0 Å². The van der Waals surface area contributed by atoms with Gasteiger partial charge in [0.15, 0.2) is 0 Å². The summed E-state index contributed by atoms with van der Waals surface area (Å²) in [7, 11) is -2.08. The Kier molecular flexibility index (Phi) is 5.14. The smallest absolute Gasteiger partial charge is 0.243 e. The van der Waals surface area contributed by atoms with Gasteiger partial charge in [0.1, 0.15) is 0 Å². The molecule has 2 N–H and O–H groups in total. The van der Waals surface area contributed by atoms with Gasteiger partial charge in [0.25, 0.3) is 0 Å². The van der Waals surface area contributed by atoms with E-state index in [0.29, 0.717) is 35.3 Å². The van der Waals surface area contributed by atoms with E-state index in [-0.39, 0.29) is 4.90 Å². The number of nitrogens with zero attached hydrogens (tertiary/aromatic N) is 1. The average Bonchev–Trinajstić information content (AvgIpc) is 3.22. The number of rotatable bonds is 7. The molecule has 0 aliphatic heterocycles. The van der Waals surface area contributed by atoms with Crippen LogP contribution in [-0.4, -0.2) is 39.5 Å². The monoisotopic (exact) mass is 332 g/mol. The first-order chi connectivity index (χ1) is 9.82. The van der Waals surface area contributed by atoms with Crippen LogP contribution >= 0.6 is 11.6 Å². The van der Waals surface area contributed by atoms with Crippen molar-refractivity contribution in [3.05, 3.63) is 22.7 Å². The third-order valence-corrected chi connectivity index (χ3v) is 5.86. The maximum atomic E-state index is 12.6. The van der Waals surface area contributed by atoms with Gasteiger partial charge < -0.3 is 10.5 Å². The summed E-state index contributed by atoms with van der Waals surface area (Å²) in [6, 6.07) is 2.98. The lowest BCUT2D eigenvalue weighted by molar-refractivity contribution is 0.117. The van der Waals surface area contributed by atoms with E-state index < -0.39 is 10.0 Å². The summed E-state index contributed by atoms with van der Waals surface area (Å²) < 4.78 is 31.9. The lowest BCUT2D eigenvalue weighted by Crippen LogP contribution is -2.31. The first kappa shape index (κ1) is 16.5. The summed E-state index contributed by atoms with van der Waals surface area (Å²) in [4.78, 5) is 0.150. The number of nitrogen functional groups attached to an aromatic ring is 1. The third-order valence-electron chi connectivity index (χ3n) is 3.65. The molecule has 0 heterocycles. The Balaban J connectivity index is 2.05. The maximum absolute atomic E-state index is 12.6. The second-order valence-electron chi connectivity index (χ2n) is 5.46. The van der Waals surface area contributed by atoms with Crippen molar-refractivity contribution < 1.29 is 13.2 Å². The van der Waals surface area contributed by atoms with Crippen molar-refractivity contribution in [2.45, 2.75) is 24.7 Å². The van der Waals surface area contributed by atoms with E-state index in [1.807, 2.05) is 0 Å². The number of ether oxygens (including phenoxy) is 1. The fourth-order valence-corrected chi connectivity index (χ4v) is 3.68. The van der Waals surface area contributed by atoms with Crippen molar-refractivity contribution in [1.82, 2.24) is 4.31 Å². The highest BCUT2D eigenvalue weighted by Gasteiger charge is 2.25. The van der Waals surface area contributed by atoms with Crippen LogP contribution in [0.1, 0.15) is 18.4 Å². The Morgan fingerprint density at radius 1 is 1.43 bits per heavy atom. The number of sulfonamides is 1. The minimum absolute atomic E-state index is 0.150. The number of hydrogen-bond donors (Lipinski definition) is 1. The summed E-state index contributed by atoms with van der Waals surface area (Å²) >= 11 is 5.91. The van der Waals surface area contributed by atoms with Crippen LogP contribution in [0.25, 0.3) is 0 Å². The quantitative estimate of drug-likeness (QED) is 0.614. The Labute approximate surface area is 131 Å². The number of benzene rings is 1. The van der Waals surface area contributed by atoms with Crippen molar-refractivity contribution in [2.24, 2.45) is 5.92 Å². The van der Waals surface area contributed by atoms with Gasteiger partial charge in [0.2, 0.25) is 10.0 Å². The Morgan fingerprint density at radius 2 is 2.10 bits per heavy atom. The van der Waals surface area contributed by atoms with Crippen molar-refractivity contribution in [2.75, 3.05) is 32.5 Å². The summed E-state index contributed by atoms with van der Waals surface area (Å²) in [6.07, 6.45) is 2.43. The maximum Gasteiger partial charge on any atom is 0.243 e. The van der Waals surface area contributed by atoms with Crippen molar-refractivity contribution in [3.8, 4) is 0 Å². The molecule has 2 rings (SSSR count). The van der Waals surface area contributed by atoms with Gasteiger partial charge in [0, 0.05) is 30.9 Å². The normalized spacial score (nSPS) is 15.6. The van der Waals surface area contributed by atoms with Crippen molar-refractivity contribution >= 4 is 27.3 Å². The summed E-state index contributed by atoms with van der Waals surface area (Å²) in [5.41, 5.74) is 6.68. The van der Waals surface area contributed by atoms with Crippen LogP contribution in [0.4, 0.5) is 5.69 Å². The van der Waals surface area contributed by atoms with Gasteiger partial charge in [-0.25, -0.2) is 8.42 Å². The molecule has 0 radical (unpaired) electrons. The number of anilines is 1. The molecule has 0 atom stereocenters. The number of hydrogen-bond acceptors (Lipinski definition) is 4. The van der Waals surface area contributed by atoms with E-state index in [9.17, 15) is 8.42 Å². The summed E-state index contributed by atoms with van der Waals surface area (Å²) in [5.74, 6) is 0.668. The number of nitrogens with two attached hydrogens (primary N) is 1. The highest BCUT2D eigenvalue weighted by molar-refractivity contribution is 7.89. The first-order valence-corrected chi connectivity index (χ1v) is 8.74. The Morgan fingerprint density at radius 3 is 2.71 bits per heavy atom. The highest BCUT2D eigenvalue weighted by Crippen LogP contribution is 2.29. The second kappa shape index (κ2) is 6.52. The lowest BCUT2D eigenvalue weighted by Gasteiger charge is -2.19. The molecule has 0 amide bonds. The molecule has 0 aromatic heterocycles. The minimum atomic E-state index is -3.61. The van der Waals surface area contributed by atoms with Gasteiger partial charge in [-0.3, -0.25) is 0 Å². The van der Waals surface area contributed by atoms with Gasteiger partial charge in [-0.05, 0) is 43.4 Å². The van der Waals surface area contributed by atoms with Crippen LogP contribution in [0.5, 0.6) is 0 Å². The fraction of sp³-hybridized carbons (Fsp3) is 0.571. The van der Waals surface area contributed by atoms with Gasteiger partial charge >= 0.3 is 0 Å². The molecule has 118 valence electrons. The molecule has 0 unspecified atom stereocenters. The third kappa shape index (κ3) is 4.10. The molecule has 1 saturated carbocycles. The zero-order valence-electron chi connectivity index (χ0n) is 12.3. The van der Waals surface area contributed by atoms with Crippen LogP contribution in [0.3, 0.4) is 0 Å². The molecule has 1 fully saturated rings. The molecular weight excluding hydrogens is 312 g/mol. The molecule has 1 aliphatic carbocycles. The Bertz CT molecular complexity index is 615. The number of halogens is 1. The van der Waals surface area contributed by atoms with Crippen LogP contribution in [0.2, 0.25) is 5.02 Å². The first-order valence-electron chi connectivity index (χ1n) is 6.92. The molecular formula is C14H21ClN2O3S. The predicted octanol–water partition coefficient (Wildman–Crippen LogP) is 2.28. The average molecular weight is 333 g/mol. The van der Waals surface area contributed by atoms with E-state index in [1.165, 1.54) is 30.3 Å². The van der Waals surface area contributed by atoms with Crippen molar-refractivity contribution in [1.29, 1.82) is 0 Å². The van der Waals surface area contributed by atoms with Crippen LogP contribution in [-0.2, 0) is 14.8 Å². The van der Waals surface area contributed by atoms with Gasteiger partial charge in [-0.2, -0.15) is 4.31 Å². The van der Waals surface area contributed by atoms with E-state index in [2.05, 4.69) is 0 Å². The van der Waals surface area contributed by atoms with Crippen molar-refractivity contribution in [3.63, 3.8) is 0 Å². The molecule has 21 heavy (non-hydrogen) atoms. The zero-order valence-corrected chi connectivity index (χ0v) is 13.9. The van der Waals surface area contributed by atoms with E-state index in [0.717, 1.165) is 6.61 Å². The molecule has 5 nitrogen and oxygen atoms in total. The summed E-state index contributed by atoms with van der Waals surface area (Å²) in [6.45, 7) is 3.09. The van der Waals surface area contributed by atoms with Crippen LogP contribution < -0.4 is 5.73 Å². The molecule has 1 aromatic carbocycles. The Hall–Kier alpha value is -0.820. The molecule has 1 aliphatic rings. The largest absolute Gasteiger partial charge is 0.398 e. The molecule has 0 spiro atoms. The van der Waals surface area contributed by atoms with E-state index in [4.69, 9.17) is 22.1 Å². The molecule has 0 saturated heterocycles. The standard InChI is InChI=1S/C14H21ClN2O3S/c1-10-13(16)7-12(15)8-14(10)21(18,19)17(2)5-6-20-9-11-3-4-11/h7-8,11H,3-6,9,16H2,1-2H3. The molecule has 0 bridgehead atoms. The van der Waals surface area contributed by atoms with Crippen LogP contribution in [0, 0.1) is 12.8 Å². The highest BCUT2D eigenvalue weighted by atomic mass is 35.5. The predicted molar refractivity (Wildman–Crippen MR) is 84.0 cm³/mol. The molecule has 1 aromatic rings. The van der Waals surface area contributed by atoms with Gasteiger partial charge in [0.05, 0.1) is 11.5 Å². The molecule has 7 heteroatoms. The van der Waals surface area contributed by atoms with Crippen LogP contribution in [0.15, 0.2) is 17.0 Å². The summed E-state index contributed by atoms with van der Waals surface area (Å²) in [5, 5.41) is 0.315. The van der Waals surface area contributed by atoms with E-state index >= 15 is 0 Å². The number of likely N-dealkylation sites (N-methyl/N-ethyl adjacent to an activating group) is 1.